The molecule has 0 radical (unpaired) electrons. The fourth-order valence-corrected chi connectivity index (χ4v) is 1.49. The Morgan fingerprint density at radius 3 is 2.58 bits per heavy atom. The topological polar surface area (TPSA) is 42.0 Å². The van der Waals surface area contributed by atoms with Gasteiger partial charge in [0, 0.05) is 12.7 Å². The van der Waals surface area contributed by atoms with E-state index in [-0.39, 0.29) is 12.1 Å². The first-order valence-corrected chi connectivity index (χ1v) is 5.39. The highest BCUT2D eigenvalue weighted by molar-refractivity contribution is 5.94. The minimum atomic E-state index is -0.998. The highest BCUT2D eigenvalue weighted by atomic mass is 19.2. The maximum absolute atomic E-state index is 13.2. The standard InChI is InChI=1S/C13H9F3N2O/c14-10-2-1-8(5-11(10)15)6-18-13(19)9-3-4-17-7-12(9)16/h1-5,7H,6H2,(H,18,19). The van der Waals surface area contributed by atoms with E-state index in [1.807, 2.05) is 0 Å². The van der Waals surface area contributed by atoms with Crippen LogP contribution in [0.3, 0.4) is 0 Å². The van der Waals surface area contributed by atoms with E-state index in [0.29, 0.717) is 5.56 Å². The first-order valence-electron chi connectivity index (χ1n) is 5.39. The molecule has 0 spiro atoms. The van der Waals surface area contributed by atoms with Gasteiger partial charge in [-0.15, -0.1) is 0 Å². The van der Waals surface area contributed by atoms with Crippen molar-refractivity contribution < 1.29 is 18.0 Å². The molecule has 0 aliphatic heterocycles. The van der Waals surface area contributed by atoms with E-state index in [1.54, 1.807) is 0 Å². The van der Waals surface area contributed by atoms with Gasteiger partial charge in [-0.3, -0.25) is 9.78 Å². The van der Waals surface area contributed by atoms with Crippen LogP contribution in [-0.2, 0) is 6.54 Å². The van der Waals surface area contributed by atoms with Crippen LogP contribution in [0.5, 0.6) is 0 Å². The first-order chi connectivity index (χ1) is 9.08. The van der Waals surface area contributed by atoms with E-state index in [0.717, 1.165) is 18.3 Å². The van der Waals surface area contributed by atoms with Crippen LogP contribution in [0.2, 0.25) is 0 Å². The van der Waals surface area contributed by atoms with Crippen LogP contribution in [0.1, 0.15) is 15.9 Å². The van der Waals surface area contributed by atoms with Gasteiger partial charge in [-0.25, -0.2) is 13.2 Å². The van der Waals surface area contributed by atoms with Crippen molar-refractivity contribution in [3.05, 3.63) is 65.2 Å². The molecule has 98 valence electrons. The molecule has 0 atom stereocenters. The second-order valence-corrected chi connectivity index (χ2v) is 3.79. The van der Waals surface area contributed by atoms with Gasteiger partial charge in [0.25, 0.3) is 5.91 Å². The Labute approximate surface area is 107 Å². The highest BCUT2D eigenvalue weighted by Gasteiger charge is 2.11. The lowest BCUT2D eigenvalue weighted by molar-refractivity contribution is 0.0946. The van der Waals surface area contributed by atoms with Gasteiger partial charge in [0.1, 0.15) is 0 Å². The number of carbonyl (C=O) groups is 1. The number of hydrogen-bond donors (Lipinski definition) is 1. The van der Waals surface area contributed by atoms with Crippen LogP contribution in [0, 0.1) is 17.5 Å². The summed E-state index contributed by atoms with van der Waals surface area (Å²) in [5, 5.41) is 2.41. The molecule has 1 aromatic heterocycles. The van der Waals surface area contributed by atoms with Gasteiger partial charge in [-0.05, 0) is 23.8 Å². The molecule has 1 amide bonds. The molecule has 0 bridgehead atoms. The van der Waals surface area contributed by atoms with Crippen LogP contribution in [0.25, 0.3) is 0 Å². The molecule has 3 nitrogen and oxygen atoms in total. The quantitative estimate of drug-likeness (QED) is 0.927. The van der Waals surface area contributed by atoms with E-state index >= 15 is 0 Å². The molecule has 0 fully saturated rings. The fourth-order valence-electron chi connectivity index (χ4n) is 1.49. The van der Waals surface area contributed by atoms with Crippen LogP contribution < -0.4 is 5.32 Å². The molecule has 0 aliphatic rings. The second kappa shape index (κ2) is 5.51. The van der Waals surface area contributed by atoms with Crippen molar-refractivity contribution in [1.82, 2.24) is 10.3 Å². The average Bonchev–Trinajstić information content (AvgIpc) is 2.40. The second-order valence-electron chi connectivity index (χ2n) is 3.79. The Kier molecular flexibility index (Phi) is 3.79. The van der Waals surface area contributed by atoms with Crippen LogP contribution >= 0.6 is 0 Å². The average molecular weight is 266 g/mol. The van der Waals surface area contributed by atoms with E-state index in [2.05, 4.69) is 10.3 Å². The lowest BCUT2D eigenvalue weighted by Crippen LogP contribution is -2.24. The molecular weight excluding hydrogens is 257 g/mol. The Morgan fingerprint density at radius 2 is 1.89 bits per heavy atom. The van der Waals surface area contributed by atoms with Crippen molar-refractivity contribution >= 4 is 5.91 Å². The van der Waals surface area contributed by atoms with Gasteiger partial charge in [0.05, 0.1) is 11.8 Å². The SMILES string of the molecule is O=C(NCc1ccc(F)c(F)c1)c1ccncc1F. The number of pyridine rings is 1. The summed E-state index contributed by atoms with van der Waals surface area (Å²) in [5.74, 6) is -3.35. The molecule has 0 aliphatic carbocycles. The number of nitrogens with zero attached hydrogens (tertiary/aromatic N) is 1. The van der Waals surface area contributed by atoms with Crippen molar-refractivity contribution in [2.24, 2.45) is 0 Å². The number of nitrogens with one attached hydrogen (secondary N) is 1. The largest absolute Gasteiger partial charge is 0.348 e. The van der Waals surface area contributed by atoms with Crippen molar-refractivity contribution in [2.45, 2.75) is 6.54 Å². The van der Waals surface area contributed by atoms with E-state index < -0.39 is 23.4 Å². The molecule has 0 unspecified atom stereocenters. The zero-order chi connectivity index (χ0) is 13.8. The molecule has 2 aromatic rings. The maximum atomic E-state index is 13.2. The Bertz CT molecular complexity index is 617. The van der Waals surface area contributed by atoms with Crippen molar-refractivity contribution in [1.29, 1.82) is 0 Å². The summed E-state index contributed by atoms with van der Waals surface area (Å²) in [7, 11) is 0. The van der Waals surface area contributed by atoms with Crippen molar-refractivity contribution in [2.75, 3.05) is 0 Å². The number of rotatable bonds is 3. The summed E-state index contributed by atoms with van der Waals surface area (Å²) in [5.41, 5.74) is 0.222. The zero-order valence-corrected chi connectivity index (χ0v) is 9.66. The third-order valence-electron chi connectivity index (χ3n) is 2.45. The number of benzene rings is 1. The van der Waals surface area contributed by atoms with Gasteiger partial charge in [0.2, 0.25) is 0 Å². The van der Waals surface area contributed by atoms with Gasteiger partial charge in [-0.1, -0.05) is 6.07 Å². The molecule has 1 N–H and O–H groups in total. The predicted molar refractivity (Wildman–Crippen MR) is 61.7 cm³/mol. The molecule has 6 heteroatoms. The normalized spacial score (nSPS) is 10.3. The Balaban J connectivity index is 2.04. The van der Waals surface area contributed by atoms with Gasteiger partial charge in [-0.2, -0.15) is 0 Å². The number of hydrogen-bond acceptors (Lipinski definition) is 2. The monoisotopic (exact) mass is 266 g/mol. The summed E-state index contributed by atoms with van der Waals surface area (Å²) >= 11 is 0. The summed E-state index contributed by atoms with van der Waals surface area (Å²) in [4.78, 5) is 15.2. The number of halogens is 3. The highest BCUT2D eigenvalue weighted by Crippen LogP contribution is 2.09. The summed E-state index contributed by atoms with van der Waals surface area (Å²) < 4.78 is 38.9. The maximum Gasteiger partial charge on any atom is 0.254 e. The Morgan fingerprint density at radius 1 is 1.11 bits per heavy atom. The van der Waals surface area contributed by atoms with Crippen molar-refractivity contribution in [3.63, 3.8) is 0 Å². The fraction of sp³-hybridized carbons (Fsp3) is 0.0769. The summed E-state index contributed by atoms with van der Waals surface area (Å²) in [6, 6.07) is 4.50. The molecule has 0 saturated heterocycles. The van der Waals surface area contributed by atoms with E-state index in [4.69, 9.17) is 0 Å². The third-order valence-corrected chi connectivity index (χ3v) is 2.45. The number of amides is 1. The summed E-state index contributed by atoms with van der Waals surface area (Å²) in [6.45, 7) is -0.0300. The van der Waals surface area contributed by atoms with Gasteiger partial charge in [0.15, 0.2) is 17.5 Å². The van der Waals surface area contributed by atoms with Gasteiger partial charge >= 0.3 is 0 Å². The number of aromatic nitrogens is 1. The molecule has 1 heterocycles. The lowest BCUT2D eigenvalue weighted by Gasteiger charge is -2.06. The van der Waals surface area contributed by atoms with Crippen LogP contribution in [0.4, 0.5) is 13.2 Å². The molecule has 0 saturated carbocycles. The van der Waals surface area contributed by atoms with Crippen molar-refractivity contribution in [3.8, 4) is 0 Å². The molecule has 1 aromatic carbocycles. The smallest absolute Gasteiger partial charge is 0.254 e. The molecule has 2 rings (SSSR count). The minimum absolute atomic E-state index is 0.0300. The predicted octanol–water partition coefficient (Wildman–Crippen LogP) is 2.43. The summed E-state index contributed by atoms with van der Waals surface area (Å²) in [6.07, 6.45) is 2.21. The minimum Gasteiger partial charge on any atom is -0.348 e. The lowest BCUT2D eigenvalue weighted by atomic mass is 10.2. The third kappa shape index (κ3) is 3.09. The molecule has 19 heavy (non-hydrogen) atoms. The zero-order valence-electron chi connectivity index (χ0n) is 9.66. The van der Waals surface area contributed by atoms with E-state index in [9.17, 15) is 18.0 Å². The van der Waals surface area contributed by atoms with Crippen LogP contribution in [-0.4, -0.2) is 10.9 Å². The van der Waals surface area contributed by atoms with Gasteiger partial charge < -0.3 is 5.32 Å². The number of carbonyl (C=O) groups excluding carboxylic acids is 1. The first kappa shape index (κ1) is 13.1. The van der Waals surface area contributed by atoms with E-state index in [1.165, 1.54) is 18.3 Å². The molecular formula is C13H9F3N2O. The Hall–Kier alpha value is -2.37. The van der Waals surface area contributed by atoms with Crippen LogP contribution in [0.15, 0.2) is 36.7 Å².